The number of hydrogen-bond donors (Lipinski definition) is 0. The summed E-state index contributed by atoms with van der Waals surface area (Å²) in [7, 11) is 0. The van der Waals surface area contributed by atoms with Gasteiger partial charge in [-0.25, -0.2) is 0 Å². The summed E-state index contributed by atoms with van der Waals surface area (Å²) in [6, 6.07) is 0. The average molecular weight is 194 g/mol. The molecule has 1 fully saturated rings. The molecular weight excluding hydrogens is 176 g/mol. The van der Waals surface area contributed by atoms with Crippen molar-refractivity contribution in [1.29, 1.82) is 0 Å². The zero-order valence-electron chi connectivity index (χ0n) is 8.94. The van der Waals surface area contributed by atoms with Crippen LogP contribution in [0.4, 0.5) is 0 Å². The van der Waals surface area contributed by atoms with Crippen LogP contribution in [0.1, 0.15) is 38.2 Å². The first kappa shape index (κ1) is 9.71. The number of nitrogens with zero attached hydrogens (tertiary/aromatic N) is 2. The summed E-state index contributed by atoms with van der Waals surface area (Å²) in [5.41, 5.74) is 1.31. The third-order valence-corrected chi connectivity index (χ3v) is 2.73. The van der Waals surface area contributed by atoms with Crippen LogP contribution in [-0.4, -0.2) is 22.5 Å². The van der Waals surface area contributed by atoms with Crippen molar-refractivity contribution >= 4 is 0 Å². The summed E-state index contributed by atoms with van der Waals surface area (Å²) < 4.78 is 7.57. The van der Waals surface area contributed by atoms with Crippen LogP contribution in [0.15, 0.2) is 12.4 Å². The molecule has 0 radical (unpaired) electrons. The molecule has 0 aromatic carbocycles. The second-order valence-electron chi connectivity index (χ2n) is 4.29. The van der Waals surface area contributed by atoms with Gasteiger partial charge in [0.15, 0.2) is 0 Å². The molecule has 0 spiro atoms. The minimum absolute atomic E-state index is 0.384. The highest BCUT2D eigenvalue weighted by molar-refractivity contribution is 5.08. The van der Waals surface area contributed by atoms with Crippen LogP contribution in [-0.2, 0) is 11.3 Å². The number of ether oxygens (including phenoxy) is 1. The highest BCUT2D eigenvalue weighted by Gasteiger charge is 2.16. The van der Waals surface area contributed by atoms with Crippen molar-refractivity contribution in [2.75, 3.05) is 6.61 Å². The van der Waals surface area contributed by atoms with Crippen LogP contribution in [0.25, 0.3) is 0 Å². The third kappa shape index (κ3) is 2.15. The van der Waals surface area contributed by atoms with E-state index in [0.29, 0.717) is 12.0 Å². The molecule has 1 saturated heterocycles. The minimum atomic E-state index is 0.384. The van der Waals surface area contributed by atoms with Gasteiger partial charge in [-0.3, -0.25) is 4.68 Å². The average Bonchev–Trinajstić information content (AvgIpc) is 2.75. The predicted octanol–water partition coefficient (Wildman–Crippen LogP) is 2.19. The molecule has 1 aliphatic rings. The lowest BCUT2D eigenvalue weighted by atomic mass is 10.1. The van der Waals surface area contributed by atoms with Crippen molar-refractivity contribution in [2.24, 2.45) is 0 Å². The maximum absolute atomic E-state index is 5.57. The van der Waals surface area contributed by atoms with E-state index in [4.69, 9.17) is 4.74 Å². The summed E-state index contributed by atoms with van der Waals surface area (Å²) in [5.74, 6) is 0.563. The number of hydrogen-bond acceptors (Lipinski definition) is 2. The van der Waals surface area contributed by atoms with Crippen molar-refractivity contribution in [3.8, 4) is 0 Å². The fourth-order valence-electron chi connectivity index (χ4n) is 1.77. The Bertz CT molecular complexity index is 287. The zero-order valence-corrected chi connectivity index (χ0v) is 8.94. The molecule has 2 rings (SSSR count). The lowest BCUT2D eigenvalue weighted by Gasteiger charge is -2.08. The molecule has 78 valence electrons. The van der Waals surface area contributed by atoms with Gasteiger partial charge in [-0.05, 0) is 24.3 Å². The van der Waals surface area contributed by atoms with Gasteiger partial charge in [0, 0.05) is 12.8 Å². The molecular formula is C11H18N2O. The van der Waals surface area contributed by atoms with Gasteiger partial charge in [0.2, 0.25) is 0 Å². The second-order valence-corrected chi connectivity index (χ2v) is 4.29. The maximum Gasteiger partial charge on any atom is 0.0771 e. The molecule has 1 aliphatic heterocycles. The molecule has 1 aromatic heterocycles. The molecule has 0 bridgehead atoms. The Labute approximate surface area is 85.1 Å². The molecule has 1 aromatic rings. The van der Waals surface area contributed by atoms with E-state index in [0.717, 1.165) is 13.2 Å². The first-order valence-electron chi connectivity index (χ1n) is 5.39. The summed E-state index contributed by atoms with van der Waals surface area (Å²) in [5, 5.41) is 4.34. The van der Waals surface area contributed by atoms with E-state index in [2.05, 4.69) is 25.1 Å². The van der Waals surface area contributed by atoms with Crippen molar-refractivity contribution < 1.29 is 4.74 Å². The first-order valence-corrected chi connectivity index (χ1v) is 5.39. The van der Waals surface area contributed by atoms with Crippen molar-refractivity contribution in [2.45, 2.75) is 45.3 Å². The van der Waals surface area contributed by atoms with Crippen LogP contribution in [0.3, 0.4) is 0 Å². The smallest absolute Gasteiger partial charge is 0.0771 e. The third-order valence-electron chi connectivity index (χ3n) is 2.73. The van der Waals surface area contributed by atoms with E-state index < -0.39 is 0 Å². The minimum Gasteiger partial charge on any atom is -0.376 e. The molecule has 3 nitrogen and oxygen atoms in total. The molecule has 0 saturated carbocycles. The Morgan fingerprint density at radius 2 is 2.50 bits per heavy atom. The van der Waals surface area contributed by atoms with Gasteiger partial charge in [0.1, 0.15) is 0 Å². The van der Waals surface area contributed by atoms with Gasteiger partial charge in [-0.1, -0.05) is 13.8 Å². The fourth-order valence-corrected chi connectivity index (χ4v) is 1.77. The fraction of sp³-hybridized carbons (Fsp3) is 0.727. The van der Waals surface area contributed by atoms with Gasteiger partial charge in [-0.15, -0.1) is 0 Å². The maximum atomic E-state index is 5.57. The summed E-state index contributed by atoms with van der Waals surface area (Å²) in [6.07, 6.45) is 6.85. The number of rotatable bonds is 3. The standard InChI is InChI=1S/C11H18N2O/c1-9(2)10-6-12-13(7-10)8-11-4-3-5-14-11/h6-7,9,11H,3-5,8H2,1-2H3/t11-/m1/s1. The van der Waals surface area contributed by atoms with Crippen LogP contribution in [0.5, 0.6) is 0 Å². The van der Waals surface area contributed by atoms with E-state index in [1.54, 1.807) is 0 Å². The van der Waals surface area contributed by atoms with E-state index >= 15 is 0 Å². The lowest BCUT2D eigenvalue weighted by molar-refractivity contribution is 0.0940. The molecule has 0 N–H and O–H groups in total. The van der Waals surface area contributed by atoms with Crippen LogP contribution in [0.2, 0.25) is 0 Å². The Hall–Kier alpha value is -0.830. The Kier molecular flexibility index (Phi) is 2.87. The molecule has 0 unspecified atom stereocenters. The highest BCUT2D eigenvalue weighted by atomic mass is 16.5. The Morgan fingerprint density at radius 1 is 1.64 bits per heavy atom. The van der Waals surface area contributed by atoms with Crippen LogP contribution >= 0.6 is 0 Å². The SMILES string of the molecule is CC(C)c1cnn(C[C@H]2CCCO2)c1. The molecule has 14 heavy (non-hydrogen) atoms. The van der Waals surface area contributed by atoms with E-state index in [9.17, 15) is 0 Å². The van der Waals surface area contributed by atoms with Gasteiger partial charge in [-0.2, -0.15) is 5.10 Å². The highest BCUT2D eigenvalue weighted by Crippen LogP contribution is 2.16. The number of aromatic nitrogens is 2. The molecule has 0 amide bonds. The van der Waals surface area contributed by atoms with E-state index in [1.807, 2.05) is 10.9 Å². The van der Waals surface area contributed by atoms with Crippen molar-refractivity contribution in [3.63, 3.8) is 0 Å². The Balaban J connectivity index is 1.95. The van der Waals surface area contributed by atoms with Gasteiger partial charge >= 0.3 is 0 Å². The lowest BCUT2D eigenvalue weighted by Crippen LogP contribution is -2.15. The van der Waals surface area contributed by atoms with Gasteiger partial charge < -0.3 is 4.74 Å². The molecule has 0 aliphatic carbocycles. The first-order chi connectivity index (χ1) is 6.75. The van der Waals surface area contributed by atoms with Crippen LogP contribution < -0.4 is 0 Å². The normalized spacial score (nSPS) is 22.1. The van der Waals surface area contributed by atoms with Gasteiger partial charge in [0.25, 0.3) is 0 Å². The predicted molar refractivity (Wildman–Crippen MR) is 55.3 cm³/mol. The zero-order chi connectivity index (χ0) is 9.97. The second kappa shape index (κ2) is 4.13. The van der Waals surface area contributed by atoms with Gasteiger partial charge in [0.05, 0.1) is 18.8 Å². The van der Waals surface area contributed by atoms with Crippen molar-refractivity contribution in [3.05, 3.63) is 18.0 Å². The quantitative estimate of drug-likeness (QED) is 0.737. The van der Waals surface area contributed by atoms with E-state index in [-0.39, 0.29) is 0 Å². The summed E-state index contributed by atoms with van der Waals surface area (Å²) in [4.78, 5) is 0. The van der Waals surface area contributed by atoms with Crippen LogP contribution in [0, 0.1) is 0 Å². The molecule has 3 heteroatoms. The summed E-state index contributed by atoms with van der Waals surface area (Å²) >= 11 is 0. The molecule has 1 atom stereocenters. The largest absolute Gasteiger partial charge is 0.376 e. The van der Waals surface area contributed by atoms with Crippen molar-refractivity contribution in [1.82, 2.24) is 9.78 Å². The topological polar surface area (TPSA) is 27.1 Å². The molecule has 2 heterocycles. The van der Waals surface area contributed by atoms with E-state index in [1.165, 1.54) is 18.4 Å². The Morgan fingerprint density at radius 3 is 3.07 bits per heavy atom. The summed E-state index contributed by atoms with van der Waals surface area (Å²) in [6.45, 7) is 6.20. The monoisotopic (exact) mass is 194 g/mol.